The van der Waals surface area contributed by atoms with Gasteiger partial charge in [-0.1, -0.05) is 25.5 Å². The van der Waals surface area contributed by atoms with E-state index in [2.05, 4.69) is 57.9 Å². The number of nitrogens with one attached hydrogen (secondary N) is 2. The van der Waals surface area contributed by atoms with E-state index in [4.69, 9.17) is 17.0 Å². The molecule has 1 fully saturated rings. The number of morpholine rings is 1. The lowest BCUT2D eigenvalue weighted by Crippen LogP contribution is -2.43. The zero-order valence-electron chi connectivity index (χ0n) is 22.0. The van der Waals surface area contributed by atoms with Gasteiger partial charge in [0.2, 0.25) is 0 Å². The molecule has 1 aliphatic heterocycles. The van der Waals surface area contributed by atoms with Gasteiger partial charge in [0, 0.05) is 38.3 Å². The molecule has 0 saturated carbocycles. The van der Waals surface area contributed by atoms with Crippen molar-refractivity contribution in [1.29, 1.82) is 0 Å². The summed E-state index contributed by atoms with van der Waals surface area (Å²) in [5.41, 5.74) is 3.92. The minimum absolute atomic E-state index is 0.0352. The SMILES string of the molecule is CCN(CC)CCCNC(=S)N(CCCN1CCOCC1)Cc1cc2cc(C)cc(C)c2[nH]c1=O. The molecule has 2 aromatic rings. The van der Waals surface area contributed by atoms with Crippen LogP contribution in [0.2, 0.25) is 0 Å². The maximum Gasteiger partial charge on any atom is 0.253 e. The highest BCUT2D eigenvalue weighted by Gasteiger charge is 2.16. The quantitative estimate of drug-likeness (QED) is 0.342. The first-order chi connectivity index (χ1) is 16.9. The molecular weight excluding hydrogens is 458 g/mol. The van der Waals surface area contributed by atoms with Crippen LogP contribution in [-0.2, 0) is 11.3 Å². The first-order valence-corrected chi connectivity index (χ1v) is 13.5. The van der Waals surface area contributed by atoms with E-state index in [-0.39, 0.29) is 5.56 Å². The summed E-state index contributed by atoms with van der Waals surface area (Å²) in [5.74, 6) is 0. The van der Waals surface area contributed by atoms with Gasteiger partial charge in [-0.2, -0.15) is 0 Å². The summed E-state index contributed by atoms with van der Waals surface area (Å²) in [4.78, 5) is 23.1. The lowest BCUT2D eigenvalue weighted by Gasteiger charge is -2.29. The van der Waals surface area contributed by atoms with Crippen LogP contribution in [0.4, 0.5) is 0 Å². The van der Waals surface area contributed by atoms with Crippen LogP contribution < -0.4 is 10.9 Å². The molecule has 0 bridgehead atoms. The third-order valence-corrected chi connectivity index (χ3v) is 7.25. The van der Waals surface area contributed by atoms with Crippen LogP contribution in [0.15, 0.2) is 23.0 Å². The zero-order chi connectivity index (χ0) is 25.2. The van der Waals surface area contributed by atoms with E-state index in [0.29, 0.717) is 6.54 Å². The Morgan fingerprint density at radius 3 is 2.57 bits per heavy atom. The summed E-state index contributed by atoms with van der Waals surface area (Å²) < 4.78 is 5.47. The van der Waals surface area contributed by atoms with Crippen molar-refractivity contribution in [2.24, 2.45) is 0 Å². The molecule has 7 nitrogen and oxygen atoms in total. The average Bonchev–Trinajstić information content (AvgIpc) is 2.85. The number of fused-ring (bicyclic) bond motifs is 1. The first-order valence-electron chi connectivity index (χ1n) is 13.1. The van der Waals surface area contributed by atoms with Gasteiger partial charge in [-0.3, -0.25) is 9.69 Å². The van der Waals surface area contributed by atoms with E-state index in [1.807, 2.05) is 13.0 Å². The number of ether oxygens (including phenoxy) is 1. The molecule has 1 aromatic carbocycles. The molecule has 1 aromatic heterocycles. The molecule has 1 saturated heterocycles. The van der Waals surface area contributed by atoms with Crippen molar-refractivity contribution in [1.82, 2.24) is 25.0 Å². The summed E-state index contributed by atoms with van der Waals surface area (Å²) in [6.45, 7) is 18.5. The molecule has 8 heteroatoms. The zero-order valence-corrected chi connectivity index (χ0v) is 22.8. The Balaban J connectivity index is 1.68. The van der Waals surface area contributed by atoms with Crippen LogP contribution in [0.3, 0.4) is 0 Å². The van der Waals surface area contributed by atoms with E-state index in [1.165, 1.54) is 5.56 Å². The number of rotatable bonds is 12. The van der Waals surface area contributed by atoms with Crippen molar-refractivity contribution in [3.05, 3.63) is 45.2 Å². The summed E-state index contributed by atoms with van der Waals surface area (Å²) in [6.07, 6.45) is 2.03. The normalized spacial score (nSPS) is 14.5. The van der Waals surface area contributed by atoms with Crippen LogP contribution in [0.5, 0.6) is 0 Å². The van der Waals surface area contributed by atoms with Crippen molar-refractivity contribution in [2.45, 2.75) is 47.1 Å². The molecule has 1 aliphatic rings. The predicted octanol–water partition coefficient (Wildman–Crippen LogP) is 3.28. The number of hydrogen-bond acceptors (Lipinski definition) is 5. The maximum atomic E-state index is 13.0. The highest BCUT2D eigenvalue weighted by atomic mass is 32.1. The Kier molecular flexibility index (Phi) is 11.0. The van der Waals surface area contributed by atoms with Gasteiger partial charge < -0.3 is 24.8 Å². The second-order valence-corrected chi connectivity index (χ2v) is 9.90. The number of hydrogen-bond donors (Lipinski definition) is 2. The highest BCUT2D eigenvalue weighted by Crippen LogP contribution is 2.18. The number of aryl methyl sites for hydroxylation is 2. The number of aromatic nitrogens is 1. The third-order valence-electron chi connectivity index (χ3n) is 6.85. The van der Waals surface area contributed by atoms with Crippen LogP contribution >= 0.6 is 12.2 Å². The van der Waals surface area contributed by atoms with E-state index in [0.717, 1.165) is 106 Å². The van der Waals surface area contributed by atoms with E-state index in [9.17, 15) is 4.79 Å². The third kappa shape index (κ3) is 8.27. The topological polar surface area (TPSA) is 63.8 Å². The number of benzene rings is 1. The van der Waals surface area contributed by atoms with Crippen LogP contribution in [0.1, 0.15) is 43.4 Å². The molecule has 0 spiro atoms. The van der Waals surface area contributed by atoms with Crippen LogP contribution in [0.25, 0.3) is 10.9 Å². The number of aromatic amines is 1. The standard InChI is InChI=1S/C27H43N5O2S/c1-5-30(6-2)10-7-9-28-27(35)32(12-8-11-31-13-15-34-16-14-31)20-24-19-23-18-21(3)17-22(4)25(23)29-26(24)33/h17-19H,5-16,20H2,1-4H3,(H,28,35)(H,29,33). The van der Waals surface area contributed by atoms with Crippen molar-refractivity contribution in [2.75, 3.05) is 65.6 Å². The first kappa shape index (κ1) is 27.6. The number of pyridine rings is 1. The van der Waals surface area contributed by atoms with Gasteiger partial charge in [0.05, 0.1) is 25.3 Å². The van der Waals surface area contributed by atoms with Gasteiger partial charge >= 0.3 is 0 Å². The van der Waals surface area contributed by atoms with Gasteiger partial charge in [-0.05, 0) is 81.6 Å². The van der Waals surface area contributed by atoms with Crippen molar-refractivity contribution < 1.29 is 4.74 Å². The smallest absolute Gasteiger partial charge is 0.253 e. The Hall–Kier alpha value is -2.00. The van der Waals surface area contributed by atoms with Crippen LogP contribution in [-0.4, -0.2) is 90.4 Å². The molecule has 194 valence electrons. The number of nitrogens with zero attached hydrogens (tertiary/aromatic N) is 3. The number of H-pyrrole nitrogens is 1. The van der Waals surface area contributed by atoms with Gasteiger partial charge in [0.15, 0.2) is 5.11 Å². The van der Waals surface area contributed by atoms with Crippen molar-refractivity contribution >= 4 is 28.2 Å². The minimum atomic E-state index is -0.0352. The summed E-state index contributed by atoms with van der Waals surface area (Å²) in [5, 5.41) is 5.26. The largest absolute Gasteiger partial charge is 0.379 e. The molecule has 0 aliphatic carbocycles. The molecule has 0 atom stereocenters. The Labute approximate surface area is 215 Å². The average molecular weight is 502 g/mol. The van der Waals surface area contributed by atoms with Crippen LogP contribution in [0, 0.1) is 13.8 Å². The lowest BCUT2D eigenvalue weighted by atomic mass is 10.1. The highest BCUT2D eigenvalue weighted by molar-refractivity contribution is 7.80. The summed E-state index contributed by atoms with van der Waals surface area (Å²) in [7, 11) is 0. The maximum absolute atomic E-state index is 13.0. The second-order valence-electron chi connectivity index (χ2n) is 9.51. The second kappa shape index (κ2) is 13.9. The van der Waals surface area contributed by atoms with E-state index >= 15 is 0 Å². The molecule has 35 heavy (non-hydrogen) atoms. The molecule has 0 unspecified atom stereocenters. The fraction of sp³-hybridized carbons (Fsp3) is 0.630. The predicted molar refractivity (Wildman–Crippen MR) is 149 cm³/mol. The minimum Gasteiger partial charge on any atom is -0.379 e. The fourth-order valence-corrected chi connectivity index (χ4v) is 5.03. The lowest BCUT2D eigenvalue weighted by molar-refractivity contribution is 0.0367. The van der Waals surface area contributed by atoms with Crippen molar-refractivity contribution in [3.63, 3.8) is 0 Å². The Morgan fingerprint density at radius 2 is 1.86 bits per heavy atom. The molecule has 0 radical (unpaired) electrons. The fourth-order valence-electron chi connectivity index (χ4n) is 4.77. The monoisotopic (exact) mass is 501 g/mol. The number of thiocarbonyl (C=S) groups is 1. The van der Waals surface area contributed by atoms with Gasteiger partial charge in [-0.25, -0.2) is 0 Å². The Bertz CT molecular complexity index is 1010. The van der Waals surface area contributed by atoms with Gasteiger partial charge in [0.1, 0.15) is 0 Å². The molecule has 0 amide bonds. The van der Waals surface area contributed by atoms with E-state index in [1.54, 1.807) is 0 Å². The molecule has 3 rings (SSSR count). The van der Waals surface area contributed by atoms with Gasteiger partial charge in [0.25, 0.3) is 5.56 Å². The molecule has 2 N–H and O–H groups in total. The molecule has 2 heterocycles. The Morgan fingerprint density at radius 1 is 1.11 bits per heavy atom. The summed E-state index contributed by atoms with van der Waals surface area (Å²) in [6, 6.07) is 6.27. The molecular formula is C27H43N5O2S. The summed E-state index contributed by atoms with van der Waals surface area (Å²) >= 11 is 5.82. The van der Waals surface area contributed by atoms with E-state index < -0.39 is 0 Å². The van der Waals surface area contributed by atoms with Gasteiger partial charge in [-0.15, -0.1) is 0 Å². The van der Waals surface area contributed by atoms with Crippen molar-refractivity contribution in [3.8, 4) is 0 Å².